The highest BCUT2D eigenvalue weighted by atomic mass is 19.3. The van der Waals surface area contributed by atoms with Crippen LogP contribution in [-0.2, 0) is 22.7 Å². The van der Waals surface area contributed by atoms with Crippen molar-refractivity contribution in [2.45, 2.75) is 59.4 Å². The number of hydrogen-bond donors (Lipinski definition) is 1. The number of nitriles is 1. The molecule has 57 heavy (non-hydrogen) atoms. The van der Waals surface area contributed by atoms with E-state index in [-0.39, 0.29) is 28.9 Å². The molecule has 2 saturated heterocycles. The van der Waals surface area contributed by atoms with Crippen LogP contribution in [0.3, 0.4) is 0 Å². The number of hydrogen-bond acceptors (Lipinski definition) is 11. The number of alkyl halides is 2. The van der Waals surface area contributed by atoms with Gasteiger partial charge in [0.05, 0.1) is 5.56 Å². The molecule has 8 rings (SSSR count). The molecule has 0 aliphatic carbocycles. The highest BCUT2D eigenvalue weighted by molar-refractivity contribution is 5.86. The number of fused-ring (bicyclic) bond motifs is 2. The number of aromatic nitrogens is 2. The summed E-state index contributed by atoms with van der Waals surface area (Å²) in [4.78, 5) is 26.8. The number of rotatable bonds is 12. The van der Waals surface area contributed by atoms with Crippen molar-refractivity contribution in [1.29, 1.82) is 5.26 Å². The largest absolute Gasteiger partial charge is 0.460 e. The third kappa shape index (κ3) is 7.73. The van der Waals surface area contributed by atoms with Crippen molar-refractivity contribution in [2.24, 2.45) is 5.41 Å². The second kappa shape index (κ2) is 15.3. The lowest BCUT2D eigenvalue weighted by molar-refractivity contribution is -0.147. The average Bonchev–Trinajstić information content (AvgIpc) is 3.93. The molecule has 0 amide bonds. The Kier molecular flexibility index (Phi) is 10.3. The van der Waals surface area contributed by atoms with E-state index in [0.29, 0.717) is 45.9 Å². The minimum Gasteiger partial charge on any atom is -0.460 e. The molecule has 4 heterocycles. The Hall–Kier alpha value is -5.68. The summed E-state index contributed by atoms with van der Waals surface area (Å²) in [6.07, 6.45) is 1.52. The maximum absolute atomic E-state index is 13.4. The summed E-state index contributed by atoms with van der Waals surface area (Å²) in [7, 11) is 4.20. The molecule has 2 aromatic heterocycles. The molecule has 0 spiro atoms. The van der Waals surface area contributed by atoms with Crippen molar-refractivity contribution < 1.29 is 31.9 Å². The average molecular weight is 775 g/mol. The first-order valence-electron chi connectivity index (χ1n) is 19.1. The summed E-state index contributed by atoms with van der Waals surface area (Å²) in [5.74, 6) is 0.129. The van der Waals surface area contributed by atoms with Crippen LogP contribution in [0.4, 0.5) is 8.78 Å². The quantitative estimate of drug-likeness (QED) is 0.121. The van der Waals surface area contributed by atoms with Crippen molar-refractivity contribution in [3.05, 3.63) is 88.5 Å². The van der Waals surface area contributed by atoms with Crippen LogP contribution in [0.1, 0.15) is 47.6 Å². The molecule has 2 aliphatic rings. The van der Waals surface area contributed by atoms with Gasteiger partial charge in [-0.2, -0.15) is 14.0 Å². The molecule has 0 unspecified atom stereocenters. The third-order valence-corrected chi connectivity index (χ3v) is 10.9. The van der Waals surface area contributed by atoms with E-state index in [1.165, 1.54) is 6.07 Å². The molecule has 11 nitrogen and oxygen atoms in total. The van der Waals surface area contributed by atoms with Crippen LogP contribution < -0.4 is 10.1 Å². The molecule has 13 heteroatoms. The van der Waals surface area contributed by atoms with E-state index in [2.05, 4.69) is 42.2 Å². The standard InChI is InChI=1S/C44H44F2N6O5/c1-25-30(9-6-11-32(25)40-49-35-17-29(21-54-42(53)34-13-8-14-48-34)37(56-43(45)46)18-38(35)55-40)31-10-7-12-33(26(31)2)41-50-36-16-27(15-28(19-47)39(36)57-41)20-52-23-44(3,24-52)22-51(4)5/h6-7,9-12,15-18,34,43,48H,8,13-14,20-24H2,1-5H3/t34-/m0/s1. The molecule has 2 aliphatic heterocycles. The van der Waals surface area contributed by atoms with Crippen LogP contribution in [0.25, 0.3) is 56.2 Å². The van der Waals surface area contributed by atoms with Crippen molar-refractivity contribution in [3.63, 3.8) is 0 Å². The highest BCUT2D eigenvalue weighted by Crippen LogP contribution is 2.39. The van der Waals surface area contributed by atoms with Crippen LogP contribution >= 0.6 is 0 Å². The Morgan fingerprint density at radius 3 is 2.30 bits per heavy atom. The van der Waals surface area contributed by atoms with Gasteiger partial charge in [0.2, 0.25) is 11.8 Å². The summed E-state index contributed by atoms with van der Waals surface area (Å²) in [5.41, 5.74) is 8.94. The number of likely N-dealkylation sites (tertiary alicyclic amines) is 1. The van der Waals surface area contributed by atoms with Gasteiger partial charge in [0.15, 0.2) is 11.2 Å². The van der Waals surface area contributed by atoms with E-state index in [9.17, 15) is 18.8 Å². The van der Waals surface area contributed by atoms with Gasteiger partial charge in [-0.25, -0.2) is 9.97 Å². The fourth-order valence-corrected chi connectivity index (χ4v) is 8.53. The first-order valence-corrected chi connectivity index (χ1v) is 19.1. The van der Waals surface area contributed by atoms with E-state index < -0.39 is 18.6 Å². The molecular formula is C44H44F2N6O5. The number of carbonyl (C=O) groups excluding carboxylic acids is 1. The van der Waals surface area contributed by atoms with Crippen LogP contribution in [0.15, 0.2) is 69.5 Å². The molecule has 6 aromatic rings. The number of esters is 1. The topological polar surface area (TPSA) is 130 Å². The van der Waals surface area contributed by atoms with Crippen LogP contribution in [0.5, 0.6) is 5.75 Å². The van der Waals surface area contributed by atoms with E-state index >= 15 is 0 Å². The Balaban J connectivity index is 1.07. The van der Waals surface area contributed by atoms with E-state index in [1.54, 1.807) is 6.07 Å². The molecule has 2 fully saturated rings. The zero-order chi connectivity index (χ0) is 40.0. The van der Waals surface area contributed by atoms with Gasteiger partial charge in [-0.1, -0.05) is 31.2 Å². The molecule has 0 radical (unpaired) electrons. The first-order chi connectivity index (χ1) is 27.4. The van der Waals surface area contributed by atoms with Crippen molar-refractivity contribution in [3.8, 4) is 45.9 Å². The van der Waals surface area contributed by atoms with Gasteiger partial charge in [-0.05, 0) is 105 Å². The lowest BCUT2D eigenvalue weighted by atomic mass is 9.81. The van der Waals surface area contributed by atoms with Crippen molar-refractivity contribution >= 4 is 28.2 Å². The first kappa shape index (κ1) is 38.2. The number of ether oxygens (including phenoxy) is 2. The number of benzene rings is 4. The fraction of sp³-hybridized carbons (Fsp3) is 0.364. The van der Waals surface area contributed by atoms with Gasteiger partial charge in [0.25, 0.3) is 0 Å². The summed E-state index contributed by atoms with van der Waals surface area (Å²) in [6, 6.07) is 20.5. The zero-order valence-electron chi connectivity index (χ0n) is 32.6. The number of nitrogens with zero attached hydrogens (tertiary/aromatic N) is 5. The van der Waals surface area contributed by atoms with Gasteiger partial charge >= 0.3 is 12.6 Å². The van der Waals surface area contributed by atoms with Gasteiger partial charge in [-0.15, -0.1) is 0 Å². The van der Waals surface area contributed by atoms with E-state index in [4.69, 9.17) is 28.3 Å². The van der Waals surface area contributed by atoms with Gasteiger partial charge in [-0.3, -0.25) is 9.69 Å². The van der Waals surface area contributed by atoms with Crippen LogP contribution in [0.2, 0.25) is 0 Å². The summed E-state index contributed by atoms with van der Waals surface area (Å²) < 4.78 is 49.6. The summed E-state index contributed by atoms with van der Waals surface area (Å²) in [5, 5.41) is 13.2. The minimum absolute atomic E-state index is 0.151. The highest BCUT2D eigenvalue weighted by Gasteiger charge is 2.38. The van der Waals surface area contributed by atoms with Crippen LogP contribution in [0, 0.1) is 30.6 Å². The smallest absolute Gasteiger partial charge is 0.387 e. The Labute approximate surface area is 329 Å². The van der Waals surface area contributed by atoms with E-state index in [1.807, 2.05) is 62.4 Å². The number of oxazole rings is 2. The second-order valence-corrected chi connectivity index (χ2v) is 15.9. The van der Waals surface area contributed by atoms with Crippen molar-refractivity contribution in [2.75, 3.05) is 40.3 Å². The minimum atomic E-state index is -3.09. The third-order valence-electron chi connectivity index (χ3n) is 10.9. The maximum Gasteiger partial charge on any atom is 0.387 e. The predicted octanol–water partition coefficient (Wildman–Crippen LogP) is 8.24. The van der Waals surface area contributed by atoms with Gasteiger partial charge in [0, 0.05) is 54.4 Å². The summed E-state index contributed by atoms with van der Waals surface area (Å²) >= 11 is 0. The molecule has 1 atom stereocenters. The lowest BCUT2D eigenvalue weighted by Crippen LogP contribution is -2.57. The molecule has 294 valence electrons. The molecule has 0 saturated carbocycles. The number of carbonyl (C=O) groups is 1. The molecule has 4 aromatic carbocycles. The lowest BCUT2D eigenvalue weighted by Gasteiger charge is -2.49. The second-order valence-electron chi connectivity index (χ2n) is 15.9. The molecule has 1 N–H and O–H groups in total. The Morgan fingerprint density at radius 1 is 1.00 bits per heavy atom. The summed E-state index contributed by atoms with van der Waals surface area (Å²) in [6.45, 7) is 7.41. The van der Waals surface area contributed by atoms with Gasteiger partial charge < -0.3 is 28.5 Å². The van der Waals surface area contributed by atoms with Gasteiger partial charge in [0.1, 0.15) is 35.5 Å². The molecular weight excluding hydrogens is 731 g/mol. The zero-order valence-corrected chi connectivity index (χ0v) is 32.6. The Morgan fingerprint density at radius 2 is 1.67 bits per heavy atom. The van der Waals surface area contributed by atoms with E-state index in [0.717, 1.165) is 72.5 Å². The van der Waals surface area contributed by atoms with Crippen LogP contribution in [-0.4, -0.2) is 78.7 Å². The van der Waals surface area contributed by atoms with Crippen molar-refractivity contribution in [1.82, 2.24) is 25.1 Å². The SMILES string of the molecule is Cc1c(-c2nc3cc(COC(=O)[C@@H]4CCCN4)c(OC(F)F)cc3o2)cccc1-c1cccc(-c2nc3cc(CN4CC(C)(CN(C)C)C4)cc(C#N)c3o2)c1C. The monoisotopic (exact) mass is 774 g/mol. The normalized spacial score (nSPS) is 16.7. The number of nitrogens with one attached hydrogen (secondary N) is 1. The Bertz CT molecular complexity index is 2530. The fourth-order valence-electron chi connectivity index (χ4n) is 8.53. The molecule has 0 bridgehead atoms. The number of halogens is 2. The predicted molar refractivity (Wildman–Crippen MR) is 211 cm³/mol. The maximum atomic E-state index is 13.4.